The molecular weight excluding hydrogens is 214 g/mol. The fraction of sp³-hybridized carbons (Fsp3) is 0.700. The van der Waals surface area contributed by atoms with E-state index in [-0.39, 0.29) is 0 Å². The molecule has 0 unspecified atom stereocenters. The molecule has 16 heavy (non-hydrogen) atoms. The number of nitrogens with zero attached hydrogens (tertiary/aromatic N) is 3. The predicted molar refractivity (Wildman–Crippen MR) is 58.4 cm³/mol. The molecule has 6 heteroatoms. The van der Waals surface area contributed by atoms with Gasteiger partial charge in [-0.2, -0.15) is 13.9 Å². The van der Waals surface area contributed by atoms with E-state index in [1.165, 1.54) is 6.20 Å². The molecular formula is C10H18F2N4. The predicted octanol–water partition coefficient (Wildman–Crippen LogP) is 1.32. The first-order chi connectivity index (χ1) is 7.61. The van der Waals surface area contributed by atoms with Crippen LogP contribution in [0.15, 0.2) is 12.3 Å². The second-order valence-corrected chi connectivity index (χ2v) is 3.88. The summed E-state index contributed by atoms with van der Waals surface area (Å²) in [6.45, 7) is -0.334. The Hall–Kier alpha value is -1.01. The first-order valence-electron chi connectivity index (χ1n) is 5.27. The average Bonchev–Trinajstić information content (AvgIpc) is 2.65. The molecule has 0 aliphatic heterocycles. The third kappa shape index (κ3) is 4.24. The molecule has 1 aromatic heterocycles. The standard InChI is InChI=1S/C10H18F2N4/c1-15(2)7-3-5-13-8-9-4-6-14-16(9)10(11)12/h4,6,10,13H,3,5,7-8H2,1-2H3. The maximum Gasteiger partial charge on any atom is 0.333 e. The van der Waals surface area contributed by atoms with Crippen LogP contribution in [-0.2, 0) is 6.54 Å². The van der Waals surface area contributed by atoms with Crippen LogP contribution in [0, 0.1) is 0 Å². The monoisotopic (exact) mass is 232 g/mol. The van der Waals surface area contributed by atoms with Crippen molar-refractivity contribution in [1.29, 1.82) is 0 Å². The van der Waals surface area contributed by atoms with Gasteiger partial charge in [-0.1, -0.05) is 0 Å². The lowest BCUT2D eigenvalue weighted by molar-refractivity contribution is 0.0531. The fourth-order valence-corrected chi connectivity index (χ4v) is 1.39. The van der Waals surface area contributed by atoms with E-state index in [4.69, 9.17) is 0 Å². The van der Waals surface area contributed by atoms with Crippen LogP contribution in [-0.4, -0.2) is 41.9 Å². The van der Waals surface area contributed by atoms with Gasteiger partial charge in [-0.25, -0.2) is 4.68 Å². The zero-order chi connectivity index (χ0) is 12.0. The van der Waals surface area contributed by atoms with Crippen LogP contribution in [0.25, 0.3) is 0 Å². The average molecular weight is 232 g/mol. The summed E-state index contributed by atoms with van der Waals surface area (Å²) in [7, 11) is 4.01. The first-order valence-corrected chi connectivity index (χ1v) is 5.27. The van der Waals surface area contributed by atoms with Crippen molar-refractivity contribution in [3.8, 4) is 0 Å². The molecule has 0 spiro atoms. The molecule has 0 fully saturated rings. The number of hydrogen-bond donors (Lipinski definition) is 1. The van der Waals surface area contributed by atoms with Crippen LogP contribution >= 0.6 is 0 Å². The van der Waals surface area contributed by atoms with Crippen LogP contribution in [0.5, 0.6) is 0 Å². The van der Waals surface area contributed by atoms with Gasteiger partial charge in [-0.3, -0.25) is 0 Å². The highest BCUT2D eigenvalue weighted by molar-refractivity contribution is 5.00. The van der Waals surface area contributed by atoms with Crippen LogP contribution in [0.4, 0.5) is 8.78 Å². The maximum absolute atomic E-state index is 12.4. The van der Waals surface area contributed by atoms with E-state index >= 15 is 0 Å². The molecule has 0 aromatic carbocycles. The van der Waals surface area contributed by atoms with Crippen molar-refractivity contribution in [2.75, 3.05) is 27.2 Å². The van der Waals surface area contributed by atoms with Crippen molar-refractivity contribution >= 4 is 0 Å². The lowest BCUT2D eigenvalue weighted by atomic mass is 10.3. The Morgan fingerprint density at radius 1 is 1.50 bits per heavy atom. The SMILES string of the molecule is CN(C)CCCNCc1ccnn1C(F)F. The Bertz CT molecular complexity index is 299. The Morgan fingerprint density at radius 2 is 2.25 bits per heavy atom. The Kier molecular flexibility index (Phi) is 5.34. The zero-order valence-corrected chi connectivity index (χ0v) is 9.66. The second kappa shape index (κ2) is 6.55. The van der Waals surface area contributed by atoms with Gasteiger partial charge in [0, 0.05) is 12.7 Å². The normalized spacial score (nSPS) is 11.6. The number of alkyl halides is 2. The largest absolute Gasteiger partial charge is 0.333 e. The van der Waals surface area contributed by atoms with Crippen LogP contribution in [0.3, 0.4) is 0 Å². The summed E-state index contributed by atoms with van der Waals surface area (Å²) in [4.78, 5) is 2.09. The van der Waals surface area contributed by atoms with E-state index in [1.807, 2.05) is 14.1 Å². The van der Waals surface area contributed by atoms with E-state index in [2.05, 4.69) is 15.3 Å². The Morgan fingerprint density at radius 3 is 2.88 bits per heavy atom. The molecule has 92 valence electrons. The van der Waals surface area contributed by atoms with Crippen molar-refractivity contribution in [3.63, 3.8) is 0 Å². The van der Waals surface area contributed by atoms with Gasteiger partial charge >= 0.3 is 6.55 Å². The van der Waals surface area contributed by atoms with Crippen molar-refractivity contribution in [2.45, 2.75) is 19.5 Å². The van der Waals surface area contributed by atoms with E-state index in [1.54, 1.807) is 6.07 Å². The molecule has 0 saturated heterocycles. The summed E-state index contributed by atoms with van der Waals surface area (Å²) in [6, 6.07) is 1.60. The minimum atomic E-state index is -2.56. The van der Waals surface area contributed by atoms with Crippen molar-refractivity contribution in [2.24, 2.45) is 0 Å². The second-order valence-electron chi connectivity index (χ2n) is 3.88. The molecule has 1 N–H and O–H groups in total. The number of halogens is 2. The summed E-state index contributed by atoms with van der Waals surface area (Å²) in [6.07, 6.45) is 2.39. The van der Waals surface area contributed by atoms with E-state index in [9.17, 15) is 8.78 Å². The van der Waals surface area contributed by atoms with Gasteiger partial charge in [0.25, 0.3) is 0 Å². The maximum atomic E-state index is 12.4. The fourth-order valence-electron chi connectivity index (χ4n) is 1.39. The van der Waals surface area contributed by atoms with Gasteiger partial charge in [0.05, 0.1) is 5.69 Å². The molecule has 4 nitrogen and oxygen atoms in total. The number of rotatable bonds is 7. The number of hydrogen-bond acceptors (Lipinski definition) is 3. The number of aromatic nitrogens is 2. The molecule has 0 atom stereocenters. The highest BCUT2D eigenvalue weighted by Crippen LogP contribution is 2.11. The van der Waals surface area contributed by atoms with E-state index in [0.29, 0.717) is 12.2 Å². The highest BCUT2D eigenvalue weighted by atomic mass is 19.3. The molecule has 0 radical (unpaired) electrons. The van der Waals surface area contributed by atoms with Gasteiger partial charge < -0.3 is 10.2 Å². The molecule has 0 bridgehead atoms. The minimum absolute atomic E-state index is 0.428. The van der Waals surface area contributed by atoms with Gasteiger partial charge in [0.2, 0.25) is 0 Å². The molecule has 0 saturated carbocycles. The molecule has 1 aromatic rings. The highest BCUT2D eigenvalue weighted by Gasteiger charge is 2.10. The molecule has 0 aliphatic carbocycles. The lowest BCUT2D eigenvalue weighted by Crippen LogP contribution is -2.22. The quantitative estimate of drug-likeness (QED) is 0.720. The van der Waals surface area contributed by atoms with Gasteiger partial charge in [0.1, 0.15) is 0 Å². The third-order valence-corrected chi connectivity index (χ3v) is 2.20. The lowest BCUT2D eigenvalue weighted by Gasteiger charge is -2.10. The van der Waals surface area contributed by atoms with E-state index < -0.39 is 6.55 Å². The van der Waals surface area contributed by atoms with Crippen LogP contribution in [0.1, 0.15) is 18.7 Å². The van der Waals surface area contributed by atoms with Crippen molar-refractivity contribution in [3.05, 3.63) is 18.0 Å². The Balaban J connectivity index is 2.24. The molecule has 1 rings (SSSR count). The van der Waals surface area contributed by atoms with Crippen molar-refractivity contribution < 1.29 is 8.78 Å². The molecule has 0 amide bonds. The number of nitrogens with one attached hydrogen (secondary N) is 1. The molecule has 0 aliphatic rings. The molecule has 1 heterocycles. The topological polar surface area (TPSA) is 33.1 Å². The smallest absolute Gasteiger partial charge is 0.311 e. The summed E-state index contributed by atoms with van der Waals surface area (Å²) < 4.78 is 25.6. The Labute approximate surface area is 94.2 Å². The van der Waals surface area contributed by atoms with Crippen LogP contribution < -0.4 is 5.32 Å². The summed E-state index contributed by atoms with van der Waals surface area (Å²) in [5.74, 6) is 0. The van der Waals surface area contributed by atoms with Crippen LogP contribution in [0.2, 0.25) is 0 Å². The summed E-state index contributed by atoms with van der Waals surface area (Å²) in [5.41, 5.74) is 0.514. The third-order valence-electron chi connectivity index (χ3n) is 2.20. The van der Waals surface area contributed by atoms with Gasteiger partial charge in [-0.15, -0.1) is 0 Å². The minimum Gasteiger partial charge on any atom is -0.311 e. The zero-order valence-electron chi connectivity index (χ0n) is 9.66. The van der Waals surface area contributed by atoms with Crippen molar-refractivity contribution in [1.82, 2.24) is 20.0 Å². The first kappa shape index (κ1) is 13.1. The van der Waals surface area contributed by atoms with Gasteiger partial charge in [-0.05, 0) is 39.7 Å². The summed E-state index contributed by atoms with van der Waals surface area (Å²) in [5, 5.41) is 6.68. The summed E-state index contributed by atoms with van der Waals surface area (Å²) >= 11 is 0. The van der Waals surface area contributed by atoms with E-state index in [0.717, 1.165) is 24.2 Å². The van der Waals surface area contributed by atoms with Gasteiger partial charge in [0.15, 0.2) is 0 Å².